The molecule has 0 aliphatic heterocycles. The normalized spacial score (nSPS) is 10.6. The van der Waals surface area contributed by atoms with Crippen molar-refractivity contribution in [1.29, 1.82) is 0 Å². The van der Waals surface area contributed by atoms with E-state index in [0.717, 1.165) is 0 Å². The minimum absolute atomic E-state index is 0.0577. The van der Waals surface area contributed by atoms with Crippen LogP contribution in [0.1, 0.15) is 26.3 Å². The van der Waals surface area contributed by atoms with Gasteiger partial charge in [0.25, 0.3) is 5.91 Å². The molecule has 3 heterocycles. The molecule has 1 N–H and O–H groups in total. The van der Waals surface area contributed by atoms with Crippen LogP contribution in [0.2, 0.25) is 0 Å². The molecule has 28 heavy (non-hydrogen) atoms. The van der Waals surface area contributed by atoms with E-state index in [0.29, 0.717) is 16.5 Å². The summed E-state index contributed by atoms with van der Waals surface area (Å²) in [6.45, 7) is 0. The first-order valence-corrected chi connectivity index (χ1v) is 8.24. The van der Waals surface area contributed by atoms with Gasteiger partial charge in [0, 0.05) is 29.5 Å². The van der Waals surface area contributed by atoms with Crippen molar-refractivity contribution < 1.29 is 14.0 Å². The quantitative estimate of drug-likeness (QED) is 0.436. The number of nitrogens with one attached hydrogen (secondary N) is 1. The average molecular weight is 373 g/mol. The maximum atomic E-state index is 13.3. The number of fused-ring (bicyclic) bond motifs is 1. The number of pyridine rings is 2. The lowest BCUT2D eigenvalue weighted by Gasteiger charge is -2.10. The summed E-state index contributed by atoms with van der Waals surface area (Å²) >= 11 is 0. The summed E-state index contributed by atoms with van der Waals surface area (Å²) in [6, 6.07) is 10.6. The minimum atomic E-state index is -0.714. The molecule has 3 aromatic heterocycles. The molecule has 0 spiro atoms. The fourth-order valence-corrected chi connectivity index (χ4v) is 2.74. The van der Waals surface area contributed by atoms with Crippen molar-refractivity contribution in [3.05, 3.63) is 90.0 Å². The van der Waals surface area contributed by atoms with Crippen LogP contribution in [0.15, 0.2) is 67.4 Å². The number of benzene rings is 1. The molecule has 1 amide bonds. The van der Waals surface area contributed by atoms with Gasteiger partial charge in [-0.15, -0.1) is 0 Å². The van der Waals surface area contributed by atoms with Crippen LogP contribution in [0, 0.1) is 5.95 Å². The number of rotatable bonds is 4. The van der Waals surface area contributed by atoms with Gasteiger partial charge in [-0.1, -0.05) is 12.1 Å². The van der Waals surface area contributed by atoms with Crippen LogP contribution in [0.25, 0.3) is 10.9 Å². The molecule has 0 aliphatic carbocycles. The summed E-state index contributed by atoms with van der Waals surface area (Å²) < 4.78 is 13.3. The number of carbonyl (C=O) groups is 2. The highest BCUT2D eigenvalue weighted by Crippen LogP contribution is 2.22. The predicted molar refractivity (Wildman–Crippen MR) is 99.4 cm³/mol. The van der Waals surface area contributed by atoms with Crippen LogP contribution in [0.3, 0.4) is 0 Å². The standard InChI is InChI=1S/C20H12FN5O2/c21-16-4-1-5-17(25-16)26-20(28)15-8-13(7-12-3-2-6-24-18(12)15)19(27)14-9-22-11-23-10-14/h1-11H,(H,25,26,28). The minimum Gasteiger partial charge on any atom is -0.306 e. The van der Waals surface area contributed by atoms with Gasteiger partial charge in [0.1, 0.15) is 12.1 Å². The molecule has 0 atom stereocenters. The molecule has 4 aromatic rings. The third kappa shape index (κ3) is 3.43. The molecular weight excluding hydrogens is 361 g/mol. The molecule has 1 aromatic carbocycles. The number of halogens is 1. The summed E-state index contributed by atoms with van der Waals surface area (Å²) in [5, 5.41) is 3.14. The number of aromatic nitrogens is 4. The summed E-state index contributed by atoms with van der Waals surface area (Å²) in [5.74, 6) is -1.54. The van der Waals surface area contributed by atoms with Crippen molar-refractivity contribution in [3.8, 4) is 0 Å². The van der Waals surface area contributed by atoms with Gasteiger partial charge in [0.05, 0.1) is 16.6 Å². The van der Waals surface area contributed by atoms with E-state index in [1.807, 2.05) is 0 Å². The summed E-state index contributed by atoms with van der Waals surface area (Å²) in [5.41, 5.74) is 1.16. The zero-order valence-electron chi connectivity index (χ0n) is 14.3. The Morgan fingerprint density at radius 1 is 0.964 bits per heavy atom. The van der Waals surface area contributed by atoms with E-state index in [1.54, 1.807) is 24.4 Å². The van der Waals surface area contributed by atoms with Gasteiger partial charge < -0.3 is 5.32 Å². The Morgan fingerprint density at radius 2 is 1.79 bits per heavy atom. The number of nitrogens with zero attached hydrogens (tertiary/aromatic N) is 4. The molecule has 4 rings (SSSR count). The first-order chi connectivity index (χ1) is 13.6. The fourth-order valence-electron chi connectivity index (χ4n) is 2.74. The Labute approximate surface area is 158 Å². The van der Waals surface area contributed by atoms with Crippen molar-refractivity contribution in [2.24, 2.45) is 0 Å². The number of hydrogen-bond acceptors (Lipinski definition) is 6. The number of carbonyl (C=O) groups excluding carboxylic acids is 2. The van der Waals surface area contributed by atoms with Crippen molar-refractivity contribution in [2.75, 3.05) is 5.32 Å². The largest absolute Gasteiger partial charge is 0.306 e. The van der Waals surface area contributed by atoms with Crippen molar-refractivity contribution in [1.82, 2.24) is 19.9 Å². The topological polar surface area (TPSA) is 97.7 Å². The number of hydrogen-bond donors (Lipinski definition) is 1. The maximum Gasteiger partial charge on any atom is 0.259 e. The van der Waals surface area contributed by atoms with Crippen LogP contribution < -0.4 is 5.32 Å². The van der Waals surface area contributed by atoms with Crippen molar-refractivity contribution in [3.63, 3.8) is 0 Å². The maximum absolute atomic E-state index is 13.3. The van der Waals surface area contributed by atoms with Crippen LogP contribution in [-0.4, -0.2) is 31.6 Å². The third-order valence-electron chi connectivity index (χ3n) is 3.99. The molecule has 8 heteroatoms. The highest BCUT2D eigenvalue weighted by atomic mass is 19.1. The molecule has 0 bridgehead atoms. The molecule has 0 saturated heterocycles. The van der Waals surface area contributed by atoms with E-state index in [2.05, 4.69) is 25.3 Å². The monoisotopic (exact) mass is 373 g/mol. The number of anilines is 1. The van der Waals surface area contributed by atoms with Crippen LogP contribution in [0.4, 0.5) is 10.2 Å². The molecule has 136 valence electrons. The predicted octanol–water partition coefficient (Wildman–Crippen LogP) is 3.04. The smallest absolute Gasteiger partial charge is 0.259 e. The average Bonchev–Trinajstić information content (AvgIpc) is 2.73. The molecular formula is C20H12FN5O2. The first kappa shape index (κ1) is 17.3. The van der Waals surface area contributed by atoms with Crippen molar-refractivity contribution >= 4 is 28.4 Å². The Bertz CT molecular complexity index is 1200. The Hall–Kier alpha value is -4.07. The van der Waals surface area contributed by atoms with E-state index in [1.165, 1.54) is 43.0 Å². The summed E-state index contributed by atoms with van der Waals surface area (Å²) in [4.78, 5) is 41.1. The Balaban J connectivity index is 1.78. The Morgan fingerprint density at radius 3 is 2.57 bits per heavy atom. The third-order valence-corrected chi connectivity index (χ3v) is 3.99. The van der Waals surface area contributed by atoms with E-state index < -0.39 is 11.9 Å². The Kier molecular flexibility index (Phi) is 4.51. The fraction of sp³-hybridized carbons (Fsp3) is 0. The molecule has 0 unspecified atom stereocenters. The number of amides is 1. The second-order valence-corrected chi connectivity index (χ2v) is 5.85. The molecule has 0 saturated carbocycles. The van der Waals surface area contributed by atoms with Crippen LogP contribution in [-0.2, 0) is 0 Å². The van der Waals surface area contributed by atoms with E-state index in [4.69, 9.17) is 0 Å². The zero-order chi connectivity index (χ0) is 19.5. The number of ketones is 1. The van der Waals surface area contributed by atoms with E-state index in [9.17, 15) is 14.0 Å². The van der Waals surface area contributed by atoms with Crippen molar-refractivity contribution in [2.45, 2.75) is 0 Å². The SMILES string of the molecule is O=C(c1cncnc1)c1cc(C(=O)Nc2cccc(F)n2)c2ncccc2c1. The van der Waals surface area contributed by atoms with Gasteiger partial charge >= 0.3 is 0 Å². The summed E-state index contributed by atoms with van der Waals surface area (Å²) in [7, 11) is 0. The van der Waals surface area contributed by atoms with Gasteiger partial charge in [-0.2, -0.15) is 4.39 Å². The van der Waals surface area contributed by atoms with Gasteiger partial charge in [0.15, 0.2) is 5.78 Å². The van der Waals surface area contributed by atoms with E-state index in [-0.39, 0.29) is 22.7 Å². The zero-order valence-corrected chi connectivity index (χ0v) is 14.3. The molecule has 0 fully saturated rings. The molecule has 0 aliphatic rings. The first-order valence-electron chi connectivity index (χ1n) is 8.24. The molecule has 7 nitrogen and oxygen atoms in total. The van der Waals surface area contributed by atoms with E-state index >= 15 is 0 Å². The lowest BCUT2D eigenvalue weighted by Crippen LogP contribution is -2.15. The van der Waals surface area contributed by atoms with Gasteiger partial charge in [0.2, 0.25) is 5.95 Å². The van der Waals surface area contributed by atoms with Gasteiger partial charge in [-0.25, -0.2) is 15.0 Å². The second kappa shape index (κ2) is 7.28. The van der Waals surface area contributed by atoms with Crippen LogP contribution in [0.5, 0.6) is 0 Å². The van der Waals surface area contributed by atoms with Gasteiger partial charge in [-0.3, -0.25) is 14.6 Å². The van der Waals surface area contributed by atoms with Crippen LogP contribution >= 0.6 is 0 Å². The lowest BCUT2D eigenvalue weighted by molar-refractivity contribution is 0.102. The molecule has 0 radical (unpaired) electrons. The summed E-state index contributed by atoms with van der Waals surface area (Å²) in [6.07, 6.45) is 5.68. The highest BCUT2D eigenvalue weighted by molar-refractivity contribution is 6.16. The van der Waals surface area contributed by atoms with Gasteiger partial charge in [-0.05, 0) is 30.3 Å². The highest BCUT2D eigenvalue weighted by Gasteiger charge is 2.18. The second-order valence-electron chi connectivity index (χ2n) is 5.85. The lowest BCUT2D eigenvalue weighted by atomic mass is 9.99.